The van der Waals surface area contributed by atoms with Crippen LogP contribution in [0.4, 0.5) is 5.69 Å². The third-order valence-corrected chi connectivity index (χ3v) is 4.99. The number of benzene rings is 3. The van der Waals surface area contributed by atoms with Crippen LogP contribution in [0.25, 0.3) is 0 Å². The Bertz CT molecular complexity index is 1290. The van der Waals surface area contributed by atoms with E-state index in [1.165, 1.54) is 51.7 Å². The molecule has 1 amide bonds. The zero-order chi connectivity index (χ0) is 26.2. The number of hydrazone groups is 1. The molecule has 3 aromatic rings. The van der Waals surface area contributed by atoms with Crippen LogP contribution in [-0.4, -0.2) is 44.3 Å². The molecule has 0 aliphatic rings. The molecule has 0 aromatic heterocycles. The van der Waals surface area contributed by atoms with Crippen molar-refractivity contribution in [1.82, 2.24) is 5.43 Å². The van der Waals surface area contributed by atoms with Crippen molar-refractivity contribution in [3.05, 3.63) is 87.0 Å². The van der Waals surface area contributed by atoms with E-state index in [1.807, 2.05) is 6.92 Å². The van der Waals surface area contributed by atoms with Gasteiger partial charge in [0.05, 0.1) is 38.0 Å². The number of methoxy groups -OCH3 is 3. The zero-order valence-corrected chi connectivity index (χ0v) is 19.9. The summed E-state index contributed by atoms with van der Waals surface area (Å²) in [5.41, 5.74) is 3.63. The molecule has 0 radical (unpaired) electrons. The summed E-state index contributed by atoms with van der Waals surface area (Å²) in [4.78, 5) is 35.8. The fraction of sp³-hybridized carbons (Fsp3) is 0.160. The summed E-state index contributed by atoms with van der Waals surface area (Å²) < 4.78 is 21.2. The second-order valence-corrected chi connectivity index (χ2v) is 7.35. The van der Waals surface area contributed by atoms with Crippen molar-refractivity contribution >= 4 is 23.8 Å². The van der Waals surface area contributed by atoms with E-state index in [-0.39, 0.29) is 34.1 Å². The molecule has 0 aliphatic carbocycles. The van der Waals surface area contributed by atoms with Crippen molar-refractivity contribution in [3.8, 4) is 23.0 Å². The molecule has 0 saturated heterocycles. The normalized spacial score (nSPS) is 10.6. The molecule has 0 atom stereocenters. The molecule has 3 rings (SSSR count). The quantitative estimate of drug-likeness (QED) is 0.156. The lowest BCUT2D eigenvalue weighted by Crippen LogP contribution is -2.17. The van der Waals surface area contributed by atoms with E-state index in [1.54, 1.807) is 24.3 Å². The fourth-order valence-corrected chi connectivity index (χ4v) is 3.13. The van der Waals surface area contributed by atoms with E-state index >= 15 is 0 Å². The summed E-state index contributed by atoms with van der Waals surface area (Å²) in [6.45, 7) is 1.89. The minimum Gasteiger partial charge on any atom is -0.493 e. The van der Waals surface area contributed by atoms with Gasteiger partial charge in [-0.25, -0.2) is 10.2 Å². The van der Waals surface area contributed by atoms with E-state index < -0.39 is 16.8 Å². The third kappa shape index (κ3) is 5.95. The van der Waals surface area contributed by atoms with Crippen molar-refractivity contribution in [2.75, 3.05) is 21.3 Å². The van der Waals surface area contributed by atoms with Gasteiger partial charge in [-0.3, -0.25) is 14.9 Å². The van der Waals surface area contributed by atoms with Crippen LogP contribution in [0.15, 0.2) is 59.7 Å². The lowest BCUT2D eigenvalue weighted by molar-refractivity contribution is -0.384. The summed E-state index contributed by atoms with van der Waals surface area (Å²) in [6, 6.07) is 13.3. The van der Waals surface area contributed by atoms with Gasteiger partial charge >= 0.3 is 5.97 Å². The van der Waals surface area contributed by atoms with Crippen LogP contribution in [0.2, 0.25) is 0 Å². The number of nitrogens with zero attached hydrogens (tertiary/aromatic N) is 2. The number of hydrogen-bond acceptors (Lipinski definition) is 9. The Balaban J connectivity index is 1.87. The van der Waals surface area contributed by atoms with Gasteiger partial charge in [0.2, 0.25) is 5.75 Å². The first-order valence-electron chi connectivity index (χ1n) is 10.5. The number of aryl methyl sites for hydroxylation is 1. The molecule has 11 nitrogen and oxygen atoms in total. The van der Waals surface area contributed by atoms with E-state index in [2.05, 4.69) is 10.5 Å². The summed E-state index contributed by atoms with van der Waals surface area (Å²) in [5, 5.41) is 15.1. The van der Waals surface area contributed by atoms with Crippen LogP contribution in [0.1, 0.15) is 31.8 Å². The molecule has 0 bridgehead atoms. The van der Waals surface area contributed by atoms with Gasteiger partial charge in [0.25, 0.3) is 11.6 Å². The summed E-state index contributed by atoms with van der Waals surface area (Å²) in [6.07, 6.45) is 1.15. The highest BCUT2D eigenvalue weighted by atomic mass is 16.6. The Morgan fingerprint density at radius 1 is 0.889 bits per heavy atom. The Morgan fingerprint density at radius 2 is 1.53 bits per heavy atom. The topological polar surface area (TPSA) is 139 Å². The molecule has 0 aliphatic heterocycles. The van der Waals surface area contributed by atoms with Crippen LogP contribution in [0.3, 0.4) is 0 Å². The average Bonchev–Trinajstić information content (AvgIpc) is 2.88. The number of amides is 1. The van der Waals surface area contributed by atoms with Gasteiger partial charge in [-0.2, -0.15) is 5.10 Å². The monoisotopic (exact) mass is 493 g/mol. The number of nitro groups is 1. The SMILES string of the molecule is COc1cc(C(=O)Oc2ccc([N+](=O)[O-])cc2/C=N/NC(=O)c2ccc(C)cc2)cc(OC)c1OC. The number of nitrogens with one attached hydrogen (secondary N) is 1. The van der Waals surface area contributed by atoms with Crippen LogP contribution in [0, 0.1) is 17.0 Å². The van der Waals surface area contributed by atoms with Crippen molar-refractivity contribution in [1.29, 1.82) is 0 Å². The molecule has 0 fully saturated rings. The fourth-order valence-electron chi connectivity index (χ4n) is 3.13. The maximum absolute atomic E-state index is 12.9. The molecule has 36 heavy (non-hydrogen) atoms. The molecule has 11 heteroatoms. The number of non-ortho nitro benzene ring substituents is 1. The zero-order valence-electron chi connectivity index (χ0n) is 19.9. The number of rotatable bonds is 9. The lowest BCUT2D eigenvalue weighted by Gasteiger charge is -2.14. The first-order valence-corrected chi connectivity index (χ1v) is 10.5. The second kappa shape index (κ2) is 11.5. The Morgan fingerprint density at radius 3 is 2.08 bits per heavy atom. The smallest absolute Gasteiger partial charge is 0.343 e. The summed E-state index contributed by atoms with van der Waals surface area (Å²) in [5.74, 6) is -0.507. The number of hydrogen-bond donors (Lipinski definition) is 1. The minimum absolute atomic E-state index is 0.0207. The molecule has 186 valence electrons. The molecule has 0 unspecified atom stereocenters. The second-order valence-electron chi connectivity index (χ2n) is 7.35. The Kier molecular flexibility index (Phi) is 8.18. The highest BCUT2D eigenvalue weighted by Gasteiger charge is 2.20. The van der Waals surface area contributed by atoms with Gasteiger partial charge in [-0.15, -0.1) is 0 Å². The van der Waals surface area contributed by atoms with Crippen molar-refractivity contribution in [2.45, 2.75) is 6.92 Å². The van der Waals surface area contributed by atoms with E-state index in [4.69, 9.17) is 18.9 Å². The highest BCUT2D eigenvalue weighted by Crippen LogP contribution is 2.38. The molecule has 1 N–H and O–H groups in total. The van der Waals surface area contributed by atoms with E-state index in [0.29, 0.717) is 11.3 Å². The van der Waals surface area contributed by atoms with Crippen LogP contribution < -0.4 is 24.4 Å². The van der Waals surface area contributed by atoms with Gasteiger partial charge in [0.1, 0.15) is 5.75 Å². The number of carbonyl (C=O) groups is 2. The van der Waals surface area contributed by atoms with Crippen molar-refractivity contribution in [3.63, 3.8) is 0 Å². The first-order chi connectivity index (χ1) is 17.3. The number of ether oxygens (including phenoxy) is 4. The van der Waals surface area contributed by atoms with E-state index in [0.717, 1.165) is 11.8 Å². The van der Waals surface area contributed by atoms with Crippen molar-refractivity contribution in [2.24, 2.45) is 5.10 Å². The number of carbonyl (C=O) groups excluding carboxylic acids is 2. The maximum atomic E-state index is 12.9. The summed E-state index contributed by atoms with van der Waals surface area (Å²) >= 11 is 0. The Labute approximate surface area is 206 Å². The van der Waals surface area contributed by atoms with Gasteiger partial charge < -0.3 is 18.9 Å². The Hall–Kier alpha value is -4.93. The van der Waals surface area contributed by atoms with Crippen LogP contribution >= 0.6 is 0 Å². The van der Waals surface area contributed by atoms with Crippen molar-refractivity contribution < 1.29 is 33.5 Å². The molecular formula is C25H23N3O8. The third-order valence-electron chi connectivity index (χ3n) is 4.99. The number of nitro benzene ring substituents is 1. The average molecular weight is 493 g/mol. The molecule has 3 aromatic carbocycles. The standard InChI is InChI=1S/C25H23N3O8/c1-15-5-7-16(8-6-15)24(29)27-26-14-18-11-19(28(31)32)9-10-20(18)36-25(30)17-12-21(33-2)23(35-4)22(13-17)34-3/h5-14H,1-4H3,(H,27,29)/b26-14+. The first kappa shape index (κ1) is 25.7. The maximum Gasteiger partial charge on any atom is 0.343 e. The molecule has 0 spiro atoms. The minimum atomic E-state index is -0.790. The van der Waals surface area contributed by atoms with E-state index in [9.17, 15) is 19.7 Å². The van der Waals surface area contributed by atoms with Gasteiger partial charge in [-0.05, 0) is 37.3 Å². The molecule has 0 heterocycles. The predicted octanol–water partition coefficient (Wildman–Crippen LogP) is 3.91. The summed E-state index contributed by atoms with van der Waals surface area (Å²) in [7, 11) is 4.24. The molecular weight excluding hydrogens is 470 g/mol. The van der Waals surface area contributed by atoms with Gasteiger partial charge in [0, 0.05) is 23.3 Å². The van der Waals surface area contributed by atoms with Crippen LogP contribution in [0.5, 0.6) is 23.0 Å². The molecule has 0 saturated carbocycles. The lowest BCUT2D eigenvalue weighted by atomic mass is 10.1. The number of esters is 1. The largest absolute Gasteiger partial charge is 0.493 e. The van der Waals surface area contributed by atoms with Gasteiger partial charge in [0.15, 0.2) is 11.5 Å². The highest BCUT2D eigenvalue weighted by molar-refractivity contribution is 5.96. The van der Waals surface area contributed by atoms with Gasteiger partial charge in [-0.1, -0.05) is 17.7 Å². The van der Waals surface area contributed by atoms with Crippen LogP contribution in [-0.2, 0) is 0 Å². The predicted molar refractivity (Wildman–Crippen MR) is 130 cm³/mol.